The quantitative estimate of drug-likeness (QED) is 0.897. The van der Waals surface area contributed by atoms with Gasteiger partial charge in [-0.3, -0.25) is 9.59 Å². The van der Waals surface area contributed by atoms with E-state index >= 15 is 0 Å². The minimum absolute atomic E-state index is 0.0663. The molecule has 5 nitrogen and oxygen atoms in total. The summed E-state index contributed by atoms with van der Waals surface area (Å²) in [6.45, 7) is 0. The Morgan fingerprint density at radius 3 is 2.75 bits per heavy atom. The van der Waals surface area contributed by atoms with Gasteiger partial charge in [0.2, 0.25) is 5.91 Å². The van der Waals surface area contributed by atoms with Crippen LogP contribution in [-0.4, -0.2) is 22.0 Å². The Kier molecular flexibility index (Phi) is 3.74. The third kappa shape index (κ3) is 2.70. The maximum absolute atomic E-state index is 12.2. The second-order valence-electron chi connectivity index (χ2n) is 5.63. The molecule has 0 aliphatic heterocycles. The van der Waals surface area contributed by atoms with Crippen molar-refractivity contribution in [3.8, 4) is 0 Å². The fourth-order valence-electron chi connectivity index (χ4n) is 3.10. The van der Waals surface area contributed by atoms with Crippen molar-refractivity contribution in [3.63, 3.8) is 0 Å². The number of aryl methyl sites for hydroxylation is 2. The molecule has 1 fully saturated rings. The fraction of sp³-hybridized carbons (Fsp3) is 0.643. The van der Waals surface area contributed by atoms with Crippen LogP contribution in [0.15, 0.2) is 0 Å². The number of carboxylic acids is 1. The Balaban J connectivity index is 1.62. The van der Waals surface area contributed by atoms with Crippen LogP contribution in [0.1, 0.15) is 42.7 Å². The highest BCUT2D eigenvalue weighted by Gasteiger charge is 2.31. The van der Waals surface area contributed by atoms with Crippen LogP contribution in [0.25, 0.3) is 0 Å². The minimum atomic E-state index is -0.782. The summed E-state index contributed by atoms with van der Waals surface area (Å²) in [6, 6.07) is 0. The molecule has 6 heteroatoms. The summed E-state index contributed by atoms with van der Waals surface area (Å²) in [5.74, 6) is -1.41. The smallest absolute Gasteiger partial charge is 0.306 e. The number of carboxylic acid groups (broad SMARTS) is 1. The molecule has 2 atom stereocenters. The Morgan fingerprint density at radius 1 is 1.20 bits per heavy atom. The van der Waals surface area contributed by atoms with E-state index in [1.54, 1.807) is 11.3 Å². The Morgan fingerprint density at radius 2 is 2.00 bits per heavy atom. The number of amides is 1. The van der Waals surface area contributed by atoms with Crippen molar-refractivity contribution in [2.24, 2.45) is 11.8 Å². The van der Waals surface area contributed by atoms with Crippen molar-refractivity contribution >= 4 is 28.3 Å². The van der Waals surface area contributed by atoms with Crippen molar-refractivity contribution < 1.29 is 14.7 Å². The maximum atomic E-state index is 12.2. The predicted octanol–water partition coefficient (Wildman–Crippen LogP) is 2.46. The van der Waals surface area contributed by atoms with Gasteiger partial charge in [-0.1, -0.05) is 6.42 Å². The number of rotatable bonds is 3. The summed E-state index contributed by atoms with van der Waals surface area (Å²) in [5.41, 5.74) is 1.12. The van der Waals surface area contributed by atoms with Gasteiger partial charge in [0.05, 0.1) is 11.6 Å². The molecule has 2 aliphatic carbocycles. The zero-order valence-electron chi connectivity index (χ0n) is 11.2. The topological polar surface area (TPSA) is 79.3 Å². The molecule has 1 aromatic heterocycles. The van der Waals surface area contributed by atoms with Gasteiger partial charge in [-0.2, -0.15) is 0 Å². The standard InChI is InChI=1S/C14H18N2O3S/c17-12(8-3-1-4-9(7-8)13(18)19)16-14-15-10-5-2-6-11(10)20-14/h8-9H,1-7H2,(H,18,19)(H,15,16,17). The molecular formula is C14H18N2O3S. The van der Waals surface area contributed by atoms with E-state index in [0.29, 0.717) is 18.0 Å². The molecule has 2 aliphatic rings. The maximum Gasteiger partial charge on any atom is 0.306 e. The number of aromatic nitrogens is 1. The zero-order valence-corrected chi connectivity index (χ0v) is 12.0. The normalized spacial score (nSPS) is 25.2. The van der Waals surface area contributed by atoms with Gasteiger partial charge in [0.1, 0.15) is 0 Å². The predicted molar refractivity (Wildman–Crippen MR) is 75.9 cm³/mol. The second-order valence-corrected chi connectivity index (χ2v) is 6.71. The number of hydrogen-bond donors (Lipinski definition) is 2. The van der Waals surface area contributed by atoms with E-state index in [0.717, 1.165) is 37.8 Å². The number of thiazole rings is 1. The summed E-state index contributed by atoms with van der Waals surface area (Å²) in [6.07, 6.45) is 5.95. The van der Waals surface area contributed by atoms with E-state index < -0.39 is 5.97 Å². The van der Waals surface area contributed by atoms with E-state index in [1.165, 1.54) is 4.88 Å². The summed E-state index contributed by atoms with van der Waals surface area (Å²) in [5, 5.41) is 12.6. The van der Waals surface area contributed by atoms with Crippen LogP contribution in [0.5, 0.6) is 0 Å². The van der Waals surface area contributed by atoms with Crippen LogP contribution < -0.4 is 5.32 Å². The Hall–Kier alpha value is -1.43. The number of anilines is 1. The van der Waals surface area contributed by atoms with Gasteiger partial charge >= 0.3 is 5.97 Å². The molecule has 1 saturated carbocycles. The van der Waals surface area contributed by atoms with Gasteiger partial charge in [0.25, 0.3) is 0 Å². The van der Waals surface area contributed by atoms with E-state index in [9.17, 15) is 9.59 Å². The average Bonchev–Trinajstić information content (AvgIpc) is 2.99. The van der Waals surface area contributed by atoms with E-state index in [2.05, 4.69) is 10.3 Å². The van der Waals surface area contributed by atoms with Crippen molar-refractivity contribution in [2.45, 2.75) is 44.9 Å². The molecule has 3 rings (SSSR count). The van der Waals surface area contributed by atoms with E-state index in [1.807, 2.05) is 0 Å². The van der Waals surface area contributed by atoms with Crippen LogP contribution in [0.3, 0.4) is 0 Å². The van der Waals surface area contributed by atoms with Gasteiger partial charge in [-0.25, -0.2) is 4.98 Å². The molecule has 20 heavy (non-hydrogen) atoms. The molecule has 108 valence electrons. The summed E-state index contributed by atoms with van der Waals surface area (Å²) in [7, 11) is 0. The van der Waals surface area contributed by atoms with Crippen LogP contribution in [-0.2, 0) is 22.4 Å². The lowest BCUT2D eigenvalue weighted by Gasteiger charge is -2.25. The zero-order chi connectivity index (χ0) is 14.1. The number of carbonyl (C=O) groups excluding carboxylic acids is 1. The first-order chi connectivity index (χ1) is 9.63. The monoisotopic (exact) mass is 294 g/mol. The lowest BCUT2D eigenvalue weighted by Crippen LogP contribution is -2.30. The highest BCUT2D eigenvalue weighted by Crippen LogP contribution is 2.33. The van der Waals surface area contributed by atoms with Gasteiger partial charge in [-0.15, -0.1) is 11.3 Å². The van der Waals surface area contributed by atoms with Crippen LogP contribution >= 0.6 is 11.3 Å². The SMILES string of the molecule is O=C(O)C1CCCC(C(=O)Nc2nc3c(s2)CCC3)C1. The van der Waals surface area contributed by atoms with E-state index in [4.69, 9.17) is 5.11 Å². The van der Waals surface area contributed by atoms with Gasteiger partial charge < -0.3 is 10.4 Å². The van der Waals surface area contributed by atoms with Crippen LogP contribution in [0, 0.1) is 11.8 Å². The molecular weight excluding hydrogens is 276 g/mol. The number of nitrogens with zero attached hydrogens (tertiary/aromatic N) is 1. The molecule has 0 aromatic carbocycles. The van der Waals surface area contributed by atoms with Gasteiger partial charge in [0, 0.05) is 10.8 Å². The molecule has 0 bridgehead atoms. The second kappa shape index (κ2) is 5.52. The Labute approximate surface area is 121 Å². The van der Waals surface area contributed by atoms with Gasteiger partial charge in [0.15, 0.2) is 5.13 Å². The molecule has 0 radical (unpaired) electrons. The first-order valence-corrected chi connectivity index (χ1v) is 7.97. The molecule has 2 unspecified atom stereocenters. The van der Waals surface area contributed by atoms with Crippen LogP contribution in [0.2, 0.25) is 0 Å². The highest BCUT2D eigenvalue weighted by atomic mass is 32.1. The first-order valence-electron chi connectivity index (χ1n) is 7.15. The number of nitrogens with one attached hydrogen (secondary N) is 1. The molecule has 0 spiro atoms. The number of hydrogen-bond acceptors (Lipinski definition) is 4. The van der Waals surface area contributed by atoms with E-state index in [-0.39, 0.29) is 17.7 Å². The van der Waals surface area contributed by atoms with Crippen LogP contribution in [0.4, 0.5) is 5.13 Å². The molecule has 1 amide bonds. The fourth-order valence-corrected chi connectivity index (χ4v) is 4.16. The number of fused-ring (bicyclic) bond motifs is 1. The largest absolute Gasteiger partial charge is 0.481 e. The molecule has 2 N–H and O–H groups in total. The van der Waals surface area contributed by atoms with Crippen molar-refractivity contribution in [3.05, 3.63) is 10.6 Å². The summed E-state index contributed by atoms with van der Waals surface area (Å²) >= 11 is 1.56. The lowest BCUT2D eigenvalue weighted by atomic mass is 9.81. The average molecular weight is 294 g/mol. The third-order valence-corrected chi connectivity index (χ3v) is 5.29. The highest BCUT2D eigenvalue weighted by molar-refractivity contribution is 7.15. The minimum Gasteiger partial charge on any atom is -0.481 e. The molecule has 1 aromatic rings. The van der Waals surface area contributed by atoms with Crippen molar-refractivity contribution in [1.82, 2.24) is 4.98 Å². The Bertz CT molecular complexity index is 519. The summed E-state index contributed by atoms with van der Waals surface area (Å²) < 4.78 is 0. The van der Waals surface area contributed by atoms with Gasteiger partial charge in [-0.05, 0) is 38.5 Å². The van der Waals surface area contributed by atoms with Crippen molar-refractivity contribution in [1.29, 1.82) is 0 Å². The molecule has 1 heterocycles. The lowest BCUT2D eigenvalue weighted by molar-refractivity contribution is -0.143. The molecule has 0 saturated heterocycles. The number of aliphatic carboxylic acids is 1. The number of carbonyl (C=O) groups is 2. The first kappa shape index (κ1) is 13.5. The van der Waals surface area contributed by atoms with Crippen molar-refractivity contribution in [2.75, 3.05) is 5.32 Å². The third-order valence-electron chi connectivity index (χ3n) is 4.22. The summed E-state index contributed by atoms with van der Waals surface area (Å²) in [4.78, 5) is 29.0.